The van der Waals surface area contributed by atoms with Crippen LogP contribution in [0.2, 0.25) is 0 Å². The molecule has 14 heavy (non-hydrogen) atoms. The molecule has 0 aliphatic heterocycles. The first-order chi connectivity index (χ1) is 6.61. The van der Waals surface area contributed by atoms with Crippen molar-refractivity contribution in [3.63, 3.8) is 0 Å². The SMILES string of the molecule is CCn1nc(C)c([C@@H](C)N=[N+]=[N-])c1C. The lowest BCUT2D eigenvalue weighted by Gasteiger charge is -2.05. The van der Waals surface area contributed by atoms with Gasteiger partial charge < -0.3 is 0 Å². The molecule has 0 radical (unpaired) electrons. The highest BCUT2D eigenvalue weighted by Gasteiger charge is 2.15. The summed E-state index contributed by atoms with van der Waals surface area (Å²) in [6.45, 7) is 8.72. The molecule has 1 atom stereocenters. The van der Waals surface area contributed by atoms with Crippen LogP contribution < -0.4 is 0 Å². The largest absolute Gasteiger partial charge is 0.270 e. The van der Waals surface area contributed by atoms with Crippen molar-refractivity contribution in [1.29, 1.82) is 0 Å². The molecule has 0 amide bonds. The summed E-state index contributed by atoms with van der Waals surface area (Å²) < 4.78 is 1.92. The topological polar surface area (TPSA) is 66.6 Å². The third kappa shape index (κ3) is 1.72. The third-order valence-electron chi connectivity index (χ3n) is 2.38. The van der Waals surface area contributed by atoms with Crippen LogP contribution in [0.25, 0.3) is 10.4 Å². The Morgan fingerprint density at radius 2 is 2.21 bits per heavy atom. The fourth-order valence-corrected chi connectivity index (χ4v) is 1.76. The zero-order valence-electron chi connectivity index (χ0n) is 9.02. The first-order valence-corrected chi connectivity index (χ1v) is 4.69. The highest BCUT2D eigenvalue weighted by atomic mass is 15.3. The van der Waals surface area contributed by atoms with Gasteiger partial charge in [0.1, 0.15) is 0 Å². The highest BCUT2D eigenvalue weighted by molar-refractivity contribution is 5.27. The maximum Gasteiger partial charge on any atom is 0.0633 e. The molecule has 0 bridgehead atoms. The normalized spacial score (nSPS) is 12.3. The van der Waals surface area contributed by atoms with Crippen LogP contribution in [0.5, 0.6) is 0 Å². The summed E-state index contributed by atoms with van der Waals surface area (Å²) in [6.07, 6.45) is 0. The zero-order valence-corrected chi connectivity index (χ0v) is 9.02. The van der Waals surface area contributed by atoms with E-state index in [1.807, 2.05) is 32.4 Å². The van der Waals surface area contributed by atoms with Crippen molar-refractivity contribution in [2.75, 3.05) is 0 Å². The van der Waals surface area contributed by atoms with Crippen molar-refractivity contribution in [2.24, 2.45) is 5.11 Å². The number of aryl methyl sites for hydroxylation is 2. The third-order valence-corrected chi connectivity index (χ3v) is 2.38. The Bertz CT molecular complexity index is 373. The Kier molecular flexibility index (Phi) is 3.14. The number of nitrogens with zero attached hydrogens (tertiary/aromatic N) is 5. The van der Waals surface area contributed by atoms with Gasteiger partial charge in [-0.05, 0) is 26.3 Å². The first kappa shape index (κ1) is 10.6. The van der Waals surface area contributed by atoms with Crippen LogP contribution in [0.3, 0.4) is 0 Å². The highest BCUT2D eigenvalue weighted by Crippen LogP contribution is 2.24. The van der Waals surface area contributed by atoms with Gasteiger partial charge in [-0.3, -0.25) is 4.68 Å². The lowest BCUT2D eigenvalue weighted by molar-refractivity contribution is 0.632. The van der Waals surface area contributed by atoms with Gasteiger partial charge in [0.05, 0.1) is 11.7 Å². The minimum atomic E-state index is -0.139. The van der Waals surface area contributed by atoms with E-state index < -0.39 is 0 Å². The summed E-state index contributed by atoms with van der Waals surface area (Å²) in [5.41, 5.74) is 11.5. The standard InChI is InChI=1S/C9H15N5/c1-5-14-8(4)9(7(3)12-14)6(2)11-13-10/h6H,5H2,1-4H3/t6-/m1/s1. The summed E-state index contributed by atoms with van der Waals surface area (Å²) >= 11 is 0. The minimum absolute atomic E-state index is 0.139. The van der Waals surface area contributed by atoms with Gasteiger partial charge in [-0.2, -0.15) is 5.10 Å². The van der Waals surface area contributed by atoms with Crippen molar-refractivity contribution in [3.05, 3.63) is 27.4 Å². The van der Waals surface area contributed by atoms with Crippen LogP contribution in [-0.2, 0) is 6.54 Å². The molecule has 0 aliphatic rings. The number of hydrogen-bond donors (Lipinski definition) is 0. The smallest absolute Gasteiger partial charge is 0.0633 e. The second-order valence-corrected chi connectivity index (χ2v) is 3.28. The monoisotopic (exact) mass is 193 g/mol. The molecule has 5 nitrogen and oxygen atoms in total. The van der Waals surface area contributed by atoms with Crippen LogP contribution >= 0.6 is 0 Å². The van der Waals surface area contributed by atoms with E-state index in [1.165, 1.54) is 0 Å². The van der Waals surface area contributed by atoms with Gasteiger partial charge in [-0.1, -0.05) is 12.0 Å². The lowest BCUT2D eigenvalue weighted by atomic mass is 10.1. The maximum atomic E-state index is 8.37. The van der Waals surface area contributed by atoms with Gasteiger partial charge in [0.15, 0.2) is 0 Å². The second kappa shape index (κ2) is 4.15. The van der Waals surface area contributed by atoms with Gasteiger partial charge in [-0.25, -0.2) is 0 Å². The molecule has 1 heterocycles. The predicted molar refractivity (Wildman–Crippen MR) is 54.9 cm³/mol. The summed E-state index contributed by atoms with van der Waals surface area (Å²) in [5.74, 6) is 0. The van der Waals surface area contributed by atoms with Crippen LogP contribution in [0, 0.1) is 13.8 Å². The van der Waals surface area contributed by atoms with Crippen molar-refractivity contribution < 1.29 is 0 Å². The van der Waals surface area contributed by atoms with Gasteiger partial charge >= 0.3 is 0 Å². The summed E-state index contributed by atoms with van der Waals surface area (Å²) in [7, 11) is 0. The van der Waals surface area contributed by atoms with Gasteiger partial charge in [0.2, 0.25) is 0 Å². The van der Waals surface area contributed by atoms with Crippen molar-refractivity contribution >= 4 is 0 Å². The van der Waals surface area contributed by atoms with Gasteiger partial charge in [-0.15, -0.1) is 0 Å². The van der Waals surface area contributed by atoms with Crippen LogP contribution in [0.1, 0.15) is 36.8 Å². The molecule has 0 aromatic carbocycles. The van der Waals surface area contributed by atoms with E-state index in [2.05, 4.69) is 15.1 Å². The molecule has 1 aromatic heterocycles. The Hall–Kier alpha value is -1.48. The predicted octanol–water partition coefficient (Wildman–Crippen LogP) is 2.89. The van der Waals surface area contributed by atoms with E-state index in [9.17, 15) is 0 Å². The minimum Gasteiger partial charge on any atom is -0.270 e. The van der Waals surface area contributed by atoms with E-state index in [1.54, 1.807) is 0 Å². The second-order valence-electron chi connectivity index (χ2n) is 3.28. The zero-order chi connectivity index (χ0) is 10.7. The van der Waals surface area contributed by atoms with Crippen LogP contribution in [0.15, 0.2) is 5.11 Å². The quantitative estimate of drug-likeness (QED) is 0.413. The first-order valence-electron chi connectivity index (χ1n) is 4.69. The molecule has 0 aliphatic carbocycles. The van der Waals surface area contributed by atoms with E-state index in [4.69, 9.17) is 5.53 Å². The number of rotatable bonds is 3. The molecule has 1 aromatic rings. The molecule has 0 unspecified atom stereocenters. The van der Waals surface area contributed by atoms with E-state index >= 15 is 0 Å². The molecular weight excluding hydrogens is 178 g/mol. The Morgan fingerprint density at radius 1 is 1.57 bits per heavy atom. The molecule has 0 N–H and O–H groups in total. The molecule has 5 heteroatoms. The molecule has 0 spiro atoms. The van der Waals surface area contributed by atoms with E-state index in [0.717, 1.165) is 23.5 Å². The van der Waals surface area contributed by atoms with Crippen molar-refractivity contribution in [2.45, 2.75) is 40.3 Å². The number of aromatic nitrogens is 2. The fourth-order valence-electron chi connectivity index (χ4n) is 1.76. The Morgan fingerprint density at radius 3 is 2.64 bits per heavy atom. The number of hydrogen-bond acceptors (Lipinski definition) is 2. The summed E-state index contributed by atoms with van der Waals surface area (Å²) in [5, 5.41) is 8.06. The average Bonchev–Trinajstić information content (AvgIpc) is 2.41. The Balaban J connectivity index is 3.19. The van der Waals surface area contributed by atoms with Crippen LogP contribution in [-0.4, -0.2) is 9.78 Å². The molecular formula is C9H15N5. The van der Waals surface area contributed by atoms with Crippen molar-refractivity contribution in [3.8, 4) is 0 Å². The van der Waals surface area contributed by atoms with E-state index in [-0.39, 0.29) is 6.04 Å². The van der Waals surface area contributed by atoms with Gasteiger partial charge in [0, 0.05) is 22.7 Å². The molecule has 0 fully saturated rings. The molecule has 76 valence electrons. The molecule has 0 saturated heterocycles. The molecule has 1 rings (SSSR count). The Labute approximate surface area is 83.4 Å². The number of azide groups is 1. The summed E-state index contributed by atoms with van der Waals surface area (Å²) in [6, 6.07) is -0.139. The maximum absolute atomic E-state index is 8.37. The fraction of sp³-hybridized carbons (Fsp3) is 0.667. The van der Waals surface area contributed by atoms with E-state index in [0.29, 0.717) is 0 Å². The van der Waals surface area contributed by atoms with Crippen molar-refractivity contribution in [1.82, 2.24) is 9.78 Å². The average molecular weight is 193 g/mol. The molecule has 0 saturated carbocycles. The van der Waals surface area contributed by atoms with Gasteiger partial charge in [0.25, 0.3) is 0 Å². The van der Waals surface area contributed by atoms with Crippen LogP contribution in [0.4, 0.5) is 0 Å². The summed E-state index contributed by atoms with van der Waals surface area (Å²) in [4.78, 5) is 2.82. The lowest BCUT2D eigenvalue weighted by Crippen LogP contribution is -2.00.